The molecule has 1 aromatic carbocycles. The van der Waals surface area contributed by atoms with Crippen LogP contribution in [0, 0.1) is 0 Å². The molecule has 1 saturated heterocycles. The van der Waals surface area contributed by atoms with Crippen molar-refractivity contribution < 1.29 is 8.42 Å². The fourth-order valence-electron chi connectivity index (χ4n) is 2.12. The Labute approximate surface area is 125 Å². The van der Waals surface area contributed by atoms with E-state index in [2.05, 4.69) is 5.32 Å². The quantitative estimate of drug-likeness (QED) is 0.829. The second-order valence-electron chi connectivity index (χ2n) is 5.09. The number of rotatable bonds is 4. The lowest BCUT2D eigenvalue weighted by atomic mass is 10.1. The minimum absolute atomic E-state index is 0.226. The maximum Gasteiger partial charge on any atom is 0.242 e. The molecule has 0 amide bonds. The van der Waals surface area contributed by atoms with Crippen LogP contribution in [-0.2, 0) is 10.0 Å². The van der Waals surface area contributed by atoms with Crippen LogP contribution in [-0.4, -0.2) is 44.4 Å². The summed E-state index contributed by atoms with van der Waals surface area (Å²) < 4.78 is 25.3. The number of benzene rings is 1. The average molecular weight is 315 g/mol. The standard InChI is InChI=1S/C13H21N3O2S2/c1-16(2)20(17,18)11-5-6-13(12(14)8-11)15-10-4-3-7-19-9-10/h5-6,8,10,15H,3-4,7,9,14H2,1-2H3. The van der Waals surface area contributed by atoms with E-state index in [1.54, 1.807) is 12.1 Å². The third-order valence-electron chi connectivity index (χ3n) is 3.32. The number of hydrogen-bond donors (Lipinski definition) is 2. The average Bonchev–Trinajstić information content (AvgIpc) is 2.42. The number of anilines is 2. The number of nitrogens with two attached hydrogens (primary N) is 1. The van der Waals surface area contributed by atoms with Crippen molar-refractivity contribution in [3.05, 3.63) is 18.2 Å². The normalized spacial score (nSPS) is 20.1. The van der Waals surface area contributed by atoms with Crippen molar-refractivity contribution in [2.24, 2.45) is 0 Å². The molecule has 2 rings (SSSR count). The monoisotopic (exact) mass is 315 g/mol. The fourth-order valence-corrected chi connectivity index (χ4v) is 4.13. The lowest BCUT2D eigenvalue weighted by Crippen LogP contribution is -2.26. The van der Waals surface area contributed by atoms with Crippen molar-refractivity contribution in [3.8, 4) is 0 Å². The predicted molar refractivity (Wildman–Crippen MR) is 85.7 cm³/mol. The second kappa shape index (κ2) is 6.24. The fraction of sp³-hybridized carbons (Fsp3) is 0.538. The molecule has 3 N–H and O–H groups in total. The first-order valence-corrected chi connectivity index (χ1v) is 9.17. The number of hydrogen-bond acceptors (Lipinski definition) is 5. The van der Waals surface area contributed by atoms with Gasteiger partial charge in [0.25, 0.3) is 0 Å². The Hall–Kier alpha value is -0.920. The summed E-state index contributed by atoms with van der Waals surface area (Å²) >= 11 is 1.93. The molecule has 0 spiro atoms. The van der Waals surface area contributed by atoms with Crippen LogP contribution in [0.3, 0.4) is 0 Å². The highest BCUT2D eigenvalue weighted by molar-refractivity contribution is 7.99. The molecule has 112 valence electrons. The van der Waals surface area contributed by atoms with Crippen molar-refractivity contribution in [3.63, 3.8) is 0 Å². The number of nitrogen functional groups attached to an aromatic ring is 1. The van der Waals surface area contributed by atoms with Gasteiger partial charge in [0.15, 0.2) is 0 Å². The van der Waals surface area contributed by atoms with E-state index in [1.165, 1.54) is 36.6 Å². The van der Waals surface area contributed by atoms with Crippen LogP contribution in [0.4, 0.5) is 11.4 Å². The third kappa shape index (κ3) is 3.39. The molecule has 1 aromatic rings. The number of nitrogens with zero attached hydrogens (tertiary/aromatic N) is 1. The number of sulfonamides is 1. The van der Waals surface area contributed by atoms with Gasteiger partial charge in [-0.2, -0.15) is 11.8 Å². The molecule has 1 heterocycles. The molecule has 1 aliphatic heterocycles. The van der Waals surface area contributed by atoms with Crippen LogP contribution in [0.25, 0.3) is 0 Å². The van der Waals surface area contributed by atoms with E-state index in [1.807, 2.05) is 11.8 Å². The molecule has 5 nitrogen and oxygen atoms in total. The third-order valence-corrected chi connectivity index (χ3v) is 6.35. The van der Waals surface area contributed by atoms with Crippen LogP contribution in [0.2, 0.25) is 0 Å². The molecular weight excluding hydrogens is 294 g/mol. The van der Waals surface area contributed by atoms with Gasteiger partial charge in [-0.1, -0.05) is 0 Å². The lowest BCUT2D eigenvalue weighted by molar-refractivity contribution is 0.521. The van der Waals surface area contributed by atoms with Crippen molar-refractivity contribution in [2.45, 2.75) is 23.8 Å². The van der Waals surface area contributed by atoms with Crippen LogP contribution < -0.4 is 11.1 Å². The minimum atomic E-state index is -3.43. The minimum Gasteiger partial charge on any atom is -0.397 e. The van der Waals surface area contributed by atoms with Gasteiger partial charge in [0.1, 0.15) is 0 Å². The molecule has 0 bridgehead atoms. The molecule has 0 saturated carbocycles. The van der Waals surface area contributed by atoms with E-state index in [9.17, 15) is 8.42 Å². The van der Waals surface area contributed by atoms with Gasteiger partial charge in [-0.25, -0.2) is 12.7 Å². The van der Waals surface area contributed by atoms with Gasteiger partial charge in [-0.05, 0) is 36.8 Å². The maximum absolute atomic E-state index is 12.0. The summed E-state index contributed by atoms with van der Waals surface area (Å²) in [6.45, 7) is 0. The molecule has 1 atom stereocenters. The summed E-state index contributed by atoms with van der Waals surface area (Å²) in [7, 11) is -0.406. The molecule has 20 heavy (non-hydrogen) atoms. The zero-order valence-electron chi connectivity index (χ0n) is 11.8. The number of nitrogens with one attached hydrogen (secondary N) is 1. The summed E-state index contributed by atoms with van der Waals surface area (Å²) in [5.41, 5.74) is 7.27. The van der Waals surface area contributed by atoms with Crippen molar-refractivity contribution in [2.75, 3.05) is 36.7 Å². The van der Waals surface area contributed by atoms with Gasteiger partial charge in [-0.15, -0.1) is 0 Å². The molecule has 0 aliphatic carbocycles. The van der Waals surface area contributed by atoms with E-state index in [-0.39, 0.29) is 4.90 Å². The summed E-state index contributed by atoms with van der Waals surface area (Å²) in [4.78, 5) is 0.226. The molecule has 0 aromatic heterocycles. The zero-order valence-corrected chi connectivity index (χ0v) is 13.4. The Morgan fingerprint density at radius 1 is 1.40 bits per heavy atom. The van der Waals surface area contributed by atoms with Gasteiger partial charge >= 0.3 is 0 Å². The highest BCUT2D eigenvalue weighted by Gasteiger charge is 2.19. The van der Waals surface area contributed by atoms with Crippen LogP contribution in [0.5, 0.6) is 0 Å². The zero-order chi connectivity index (χ0) is 14.8. The number of thioether (sulfide) groups is 1. The van der Waals surface area contributed by atoms with Crippen LogP contribution in [0.15, 0.2) is 23.1 Å². The Kier molecular flexibility index (Phi) is 4.82. The molecule has 1 unspecified atom stereocenters. The molecule has 1 fully saturated rings. The van der Waals surface area contributed by atoms with E-state index >= 15 is 0 Å². The Morgan fingerprint density at radius 2 is 2.15 bits per heavy atom. The first kappa shape index (κ1) is 15.5. The summed E-state index contributed by atoms with van der Waals surface area (Å²) in [5.74, 6) is 2.28. The van der Waals surface area contributed by atoms with Crippen molar-refractivity contribution in [1.29, 1.82) is 0 Å². The van der Waals surface area contributed by atoms with Crippen LogP contribution in [0.1, 0.15) is 12.8 Å². The summed E-state index contributed by atoms with van der Waals surface area (Å²) in [6, 6.07) is 5.29. The van der Waals surface area contributed by atoms with Gasteiger partial charge in [0.2, 0.25) is 10.0 Å². The van der Waals surface area contributed by atoms with Gasteiger partial charge in [-0.3, -0.25) is 0 Å². The first-order valence-electron chi connectivity index (χ1n) is 6.57. The largest absolute Gasteiger partial charge is 0.397 e. The highest BCUT2D eigenvalue weighted by atomic mass is 32.2. The Morgan fingerprint density at radius 3 is 2.70 bits per heavy atom. The van der Waals surface area contributed by atoms with E-state index in [4.69, 9.17) is 5.73 Å². The van der Waals surface area contributed by atoms with Gasteiger partial charge in [0.05, 0.1) is 16.3 Å². The van der Waals surface area contributed by atoms with Crippen LogP contribution >= 0.6 is 11.8 Å². The van der Waals surface area contributed by atoms with Crippen molar-refractivity contribution in [1.82, 2.24) is 4.31 Å². The first-order chi connectivity index (χ1) is 9.41. The second-order valence-corrected chi connectivity index (χ2v) is 8.40. The van der Waals surface area contributed by atoms with Gasteiger partial charge in [0, 0.05) is 25.9 Å². The molecule has 7 heteroatoms. The smallest absolute Gasteiger partial charge is 0.242 e. The highest BCUT2D eigenvalue weighted by Crippen LogP contribution is 2.27. The molecule has 0 radical (unpaired) electrons. The Balaban J connectivity index is 2.17. The summed E-state index contributed by atoms with van der Waals surface area (Å²) in [5, 5.41) is 3.40. The predicted octanol–water partition coefficient (Wildman–Crippen LogP) is 1.83. The van der Waals surface area contributed by atoms with E-state index in [0.717, 1.165) is 17.9 Å². The topological polar surface area (TPSA) is 75.4 Å². The van der Waals surface area contributed by atoms with Gasteiger partial charge < -0.3 is 11.1 Å². The Bertz CT molecular complexity index is 567. The lowest BCUT2D eigenvalue weighted by Gasteiger charge is -2.24. The maximum atomic E-state index is 12.0. The SMILES string of the molecule is CN(C)S(=O)(=O)c1ccc(NC2CCCSC2)c(N)c1. The van der Waals surface area contributed by atoms with E-state index in [0.29, 0.717) is 11.7 Å². The summed E-state index contributed by atoms with van der Waals surface area (Å²) in [6.07, 6.45) is 2.33. The molecule has 1 aliphatic rings. The van der Waals surface area contributed by atoms with Crippen molar-refractivity contribution >= 4 is 33.2 Å². The molecular formula is C13H21N3O2S2. The van der Waals surface area contributed by atoms with E-state index < -0.39 is 10.0 Å².